The van der Waals surface area contributed by atoms with Crippen molar-refractivity contribution >= 4 is 0 Å². The van der Waals surface area contributed by atoms with Gasteiger partial charge in [0.2, 0.25) is 0 Å². The molecule has 0 aliphatic carbocycles. The standard InChI is InChI=1S/C11H23NO2/c1-8(13)7-12-9-6-10(2,3)14-11(9,4)5/h8-9,12-13H,6-7H2,1-5H3/t8-,9+/m0/s1. The minimum Gasteiger partial charge on any atom is -0.392 e. The van der Waals surface area contributed by atoms with Gasteiger partial charge in [0.25, 0.3) is 0 Å². The van der Waals surface area contributed by atoms with Crippen LogP contribution in [0.25, 0.3) is 0 Å². The lowest BCUT2D eigenvalue weighted by molar-refractivity contribution is -0.0701. The molecule has 1 saturated heterocycles. The summed E-state index contributed by atoms with van der Waals surface area (Å²) in [4.78, 5) is 0. The molecule has 84 valence electrons. The molecule has 3 heteroatoms. The highest BCUT2D eigenvalue weighted by Gasteiger charge is 2.45. The van der Waals surface area contributed by atoms with Crippen molar-refractivity contribution in [3.63, 3.8) is 0 Å². The molecule has 1 fully saturated rings. The zero-order valence-corrected chi connectivity index (χ0v) is 9.92. The Bertz CT molecular complexity index is 199. The fourth-order valence-electron chi connectivity index (χ4n) is 2.19. The van der Waals surface area contributed by atoms with Gasteiger partial charge in [-0.15, -0.1) is 0 Å². The third kappa shape index (κ3) is 2.94. The van der Waals surface area contributed by atoms with E-state index >= 15 is 0 Å². The lowest BCUT2D eigenvalue weighted by Crippen LogP contribution is -2.45. The summed E-state index contributed by atoms with van der Waals surface area (Å²) < 4.78 is 5.94. The summed E-state index contributed by atoms with van der Waals surface area (Å²) in [6.45, 7) is 10.8. The predicted octanol–water partition coefficient (Wildman–Crippen LogP) is 1.30. The fourth-order valence-corrected chi connectivity index (χ4v) is 2.19. The molecule has 0 saturated carbocycles. The largest absolute Gasteiger partial charge is 0.392 e. The van der Waals surface area contributed by atoms with Crippen molar-refractivity contribution in [1.29, 1.82) is 0 Å². The Morgan fingerprint density at radius 1 is 1.43 bits per heavy atom. The molecule has 0 aromatic heterocycles. The normalized spacial score (nSPS) is 31.7. The van der Waals surface area contributed by atoms with Gasteiger partial charge in [-0.05, 0) is 41.0 Å². The molecule has 0 spiro atoms. The van der Waals surface area contributed by atoms with E-state index in [-0.39, 0.29) is 17.3 Å². The van der Waals surface area contributed by atoms with Crippen molar-refractivity contribution in [3.8, 4) is 0 Å². The summed E-state index contributed by atoms with van der Waals surface area (Å²) in [7, 11) is 0. The van der Waals surface area contributed by atoms with E-state index in [1.807, 2.05) is 0 Å². The van der Waals surface area contributed by atoms with Gasteiger partial charge in [0.05, 0.1) is 17.3 Å². The maximum atomic E-state index is 9.21. The van der Waals surface area contributed by atoms with Crippen molar-refractivity contribution in [2.24, 2.45) is 0 Å². The van der Waals surface area contributed by atoms with Crippen molar-refractivity contribution in [2.75, 3.05) is 6.54 Å². The van der Waals surface area contributed by atoms with Crippen LogP contribution in [0.1, 0.15) is 41.0 Å². The summed E-state index contributed by atoms with van der Waals surface area (Å²) >= 11 is 0. The van der Waals surface area contributed by atoms with E-state index in [9.17, 15) is 5.11 Å². The first-order valence-corrected chi connectivity index (χ1v) is 5.34. The minimum absolute atomic E-state index is 0.0557. The zero-order valence-electron chi connectivity index (χ0n) is 9.92. The molecule has 2 N–H and O–H groups in total. The van der Waals surface area contributed by atoms with Gasteiger partial charge in [0.15, 0.2) is 0 Å². The average Bonchev–Trinajstić information content (AvgIpc) is 2.14. The Balaban J connectivity index is 2.53. The van der Waals surface area contributed by atoms with E-state index in [1.165, 1.54) is 0 Å². The van der Waals surface area contributed by atoms with Crippen LogP contribution in [0.5, 0.6) is 0 Å². The minimum atomic E-state index is -0.297. The molecule has 1 rings (SSSR count). The fraction of sp³-hybridized carbons (Fsp3) is 1.00. The molecule has 0 aromatic rings. The smallest absolute Gasteiger partial charge is 0.0787 e. The third-order valence-electron chi connectivity index (χ3n) is 2.73. The molecular weight excluding hydrogens is 178 g/mol. The Kier molecular flexibility index (Phi) is 3.24. The molecule has 2 atom stereocenters. The first-order valence-electron chi connectivity index (χ1n) is 5.34. The molecule has 1 aliphatic rings. The van der Waals surface area contributed by atoms with Crippen molar-refractivity contribution in [2.45, 2.75) is 64.4 Å². The Labute approximate surface area is 86.8 Å². The van der Waals surface area contributed by atoms with Crippen LogP contribution in [0.2, 0.25) is 0 Å². The van der Waals surface area contributed by atoms with Crippen molar-refractivity contribution in [1.82, 2.24) is 5.32 Å². The number of nitrogens with one attached hydrogen (secondary N) is 1. The molecule has 14 heavy (non-hydrogen) atoms. The van der Waals surface area contributed by atoms with Crippen LogP contribution in [0.15, 0.2) is 0 Å². The van der Waals surface area contributed by atoms with Crippen LogP contribution < -0.4 is 5.32 Å². The molecule has 1 heterocycles. The SMILES string of the molecule is C[C@H](O)CN[C@@H]1CC(C)(C)OC1(C)C. The highest BCUT2D eigenvalue weighted by Crippen LogP contribution is 2.37. The number of hydrogen-bond acceptors (Lipinski definition) is 3. The summed E-state index contributed by atoms with van der Waals surface area (Å²) in [6.07, 6.45) is 0.696. The van der Waals surface area contributed by atoms with E-state index in [4.69, 9.17) is 4.74 Å². The highest BCUT2D eigenvalue weighted by atomic mass is 16.5. The molecule has 3 nitrogen and oxygen atoms in total. The van der Waals surface area contributed by atoms with Gasteiger partial charge >= 0.3 is 0 Å². The second-order valence-corrected chi connectivity index (χ2v) is 5.48. The summed E-state index contributed by atoms with van der Waals surface area (Å²) in [6, 6.07) is 0.326. The van der Waals surface area contributed by atoms with E-state index < -0.39 is 0 Å². The Hall–Kier alpha value is -0.120. The average molecular weight is 201 g/mol. The molecule has 0 amide bonds. The van der Waals surface area contributed by atoms with Crippen LogP contribution in [0, 0.1) is 0 Å². The van der Waals surface area contributed by atoms with Gasteiger partial charge in [-0.3, -0.25) is 0 Å². The molecule has 0 bridgehead atoms. The van der Waals surface area contributed by atoms with Crippen LogP contribution in [-0.2, 0) is 4.74 Å². The van der Waals surface area contributed by atoms with Crippen molar-refractivity contribution < 1.29 is 9.84 Å². The lowest BCUT2D eigenvalue weighted by atomic mass is 9.94. The first-order chi connectivity index (χ1) is 6.23. The van der Waals surface area contributed by atoms with E-state index in [0.717, 1.165) is 6.42 Å². The first kappa shape index (κ1) is 12.0. The Morgan fingerprint density at radius 2 is 2.00 bits per heavy atom. The third-order valence-corrected chi connectivity index (χ3v) is 2.73. The van der Waals surface area contributed by atoms with Gasteiger partial charge in [-0.1, -0.05) is 0 Å². The van der Waals surface area contributed by atoms with E-state index in [2.05, 4.69) is 33.0 Å². The maximum Gasteiger partial charge on any atom is 0.0787 e. The topological polar surface area (TPSA) is 41.5 Å². The second kappa shape index (κ2) is 3.80. The highest BCUT2D eigenvalue weighted by molar-refractivity contribution is 4.98. The van der Waals surface area contributed by atoms with Gasteiger partial charge in [0, 0.05) is 12.6 Å². The monoisotopic (exact) mass is 201 g/mol. The van der Waals surface area contributed by atoms with Crippen LogP contribution in [0.3, 0.4) is 0 Å². The number of ether oxygens (including phenoxy) is 1. The number of aliphatic hydroxyl groups excluding tert-OH is 1. The number of rotatable bonds is 3. The van der Waals surface area contributed by atoms with Gasteiger partial charge in [-0.2, -0.15) is 0 Å². The van der Waals surface area contributed by atoms with E-state index in [0.29, 0.717) is 12.6 Å². The predicted molar refractivity (Wildman–Crippen MR) is 57.3 cm³/mol. The number of aliphatic hydroxyl groups is 1. The zero-order chi connectivity index (χ0) is 11.0. The van der Waals surface area contributed by atoms with Crippen LogP contribution in [0.4, 0.5) is 0 Å². The Morgan fingerprint density at radius 3 is 2.36 bits per heavy atom. The van der Waals surface area contributed by atoms with Crippen LogP contribution >= 0.6 is 0 Å². The number of hydrogen-bond donors (Lipinski definition) is 2. The molecule has 1 aliphatic heterocycles. The lowest BCUT2D eigenvalue weighted by Gasteiger charge is -2.28. The molecule has 0 unspecified atom stereocenters. The van der Waals surface area contributed by atoms with E-state index in [1.54, 1.807) is 6.92 Å². The molecule has 0 aromatic carbocycles. The van der Waals surface area contributed by atoms with Crippen LogP contribution in [-0.4, -0.2) is 35.0 Å². The maximum absolute atomic E-state index is 9.21. The van der Waals surface area contributed by atoms with Gasteiger partial charge < -0.3 is 15.2 Å². The summed E-state index contributed by atoms with van der Waals surface area (Å²) in [5.74, 6) is 0. The second-order valence-electron chi connectivity index (χ2n) is 5.48. The van der Waals surface area contributed by atoms with Crippen molar-refractivity contribution in [3.05, 3.63) is 0 Å². The van der Waals surface area contributed by atoms with Gasteiger partial charge in [0.1, 0.15) is 0 Å². The quantitative estimate of drug-likeness (QED) is 0.723. The molecular formula is C11H23NO2. The summed E-state index contributed by atoms with van der Waals surface area (Å²) in [5, 5.41) is 12.6. The summed E-state index contributed by atoms with van der Waals surface area (Å²) in [5.41, 5.74) is -0.196. The molecule has 0 radical (unpaired) electrons. The van der Waals surface area contributed by atoms with Gasteiger partial charge in [-0.25, -0.2) is 0 Å².